The normalized spacial score (nSPS) is 18.4. The second kappa shape index (κ2) is 4.52. The number of hydrogen-bond donors (Lipinski definition) is 1. The van der Waals surface area contributed by atoms with Crippen molar-refractivity contribution < 1.29 is 14.3 Å². The Kier molecular flexibility index (Phi) is 3.53. The second-order valence-electron chi connectivity index (χ2n) is 4.41. The molecule has 5 heteroatoms. The van der Waals surface area contributed by atoms with Crippen LogP contribution in [0.4, 0.5) is 0 Å². The number of hydrogen-bond acceptors (Lipinski definition) is 4. The highest BCUT2D eigenvalue weighted by Crippen LogP contribution is 2.45. The number of esters is 1. The smallest absolute Gasteiger partial charge is 0.328 e. The first kappa shape index (κ1) is 12.5. The minimum absolute atomic E-state index is 0.0640. The van der Waals surface area contributed by atoms with Gasteiger partial charge in [0.1, 0.15) is 11.5 Å². The molecule has 0 aromatic heterocycles. The van der Waals surface area contributed by atoms with Gasteiger partial charge in [0, 0.05) is 0 Å². The van der Waals surface area contributed by atoms with Gasteiger partial charge in [-0.1, -0.05) is 13.8 Å². The molecule has 0 saturated heterocycles. The Morgan fingerprint density at radius 1 is 1.44 bits per heavy atom. The van der Waals surface area contributed by atoms with E-state index in [1.165, 1.54) is 7.11 Å². The Morgan fingerprint density at radius 3 is 2.31 bits per heavy atom. The molecule has 1 unspecified atom stereocenters. The van der Waals surface area contributed by atoms with Crippen molar-refractivity contribution in [2.45, 2.75) is 32.7 Å². The third-order valence-electron chi connectivity index (χ3n) is 2.81. The van der Waals surface area contributed by atoms with Gasteiger partial charge in [-0.15, -0.1) is 0 Å². The van der Waals surface area contributed by atoms with Crippen LogP contribution in [0.15, 0.2) is 0 Å². The number of carbonyl (C=O) groups is 2. The third kappa shape index (κ3) is 2.32. The lowest BCUT2D eigenvalue weighted by molar-refractivity contribution is -0.146. The van der Waals surface area contributed by atoms with Crippen LogP contribution in [0, 0.1) is 22.7 Å². The second-order valence-corrected chi connectivity index (χ2v) is 4.41. The van der Waals surface area contributed by atoms with Gasteiger partial charge in [0.05, 0.1) is 13.2 Å². The van der Waals surface area contributed by atoms with Gasteiger partial charge in [0.2, 0.25) is 5.91 Å². The third-order valence-corrected chi connectivity index (χ3v) is 2.81. The fourth-order valence-corrected chi connectivity index (χ4v) is 1.42. The van der Waals surface area contributed by atoms with Crippen molar-refractivity contribution in [3.63, 3.8) is 0 Å². The van der Waals surface area contributed by atoms with E-state index in [0.29, 0.717) is 12.8 Å². The largest absolute Gasteiger partial charge is 0.467 e. The molecular weight excluding hydrogens is 208 g/mol. The van der Waals surface area contributed by atoms with E-state index in [1.54, 1.807) is 0 Å². The number of rotatable bonds is 4. The molecule has 1 atom stereocenters. The van der Waals surface area contributed by atoms with E-state index in [-0.39, 0.29) is 11.8 Å². The van der Waals surface area contributed by atoms with Gasteiger partial charge in [-0.25, -0.2) is 4.79 Å². The average Bonchev–Trinajstić information content (AvgIpc) is 3.04. The van der Waals surface area contributed by atoms with Crippen molar-refractivity contribution in [1.29, 1.82) is 5.26 Å². The summed E-state index contributed by atoms with van der Waals surface area (Å²) in [5, 5.41) is 11.4. The lowest BCUT2D eigenvalue weighted by Gasteiger charge is -2.20. The highest BCUT2D eigenvalue weighted by atomic mass is 16.5. The molecule has 0 aromatic rings. The zero-order valence-corrected chi connectivity index (χ0v) is 9.74. The molecule has 1 aliphatic rings. The molecule has 0 spiro atoms. The number of amides is 1. The summed E-state index contributed by atoms with van der Waals surface area (Å²) in [5.74, 6) is -0.901. The van der Waals surface area contributed by atoms with Crippen LogP contribution in [0.5, 0.6) is 0 Å². The molecule has 5 nitrogen and oxygen atoms in total. The van der Waals surface area contributed by atoms with Crippen molar-refractivity contribution in [3.05, 3.63) is 0 Å². The van der Waals surface area contributed by atoms with Crippen LogP contribution in [-0.2, 0) is 14.3 Å². The summed E-state index contributed by atoms with van der Waals surface area (Å²) in [4.78, 5) is 23.2. The zero-order chi connectivity index (χ0) is 12.3. The van der Waals surface area contributed by atoms with E-state index in [9.17, 15) is 9.59 Å². The quantitative estimate of drug-likeness (QED) is 0.709. The van der Waals surface area contributed by atoms with Crippen LogP contribution >= 0.6 is 0 Å². The standard InChI is InChI=1S/C11H16N2O3/c1-7(2)8(9(14)16-3)13-10(15)11(6-12)4-5-11/h7-8H,4-5H2,1-3H3,(H,13,15). The van der Waals surface area contributed by atoms with Crippen molar-refractivity contribution in [2.75, 3.05) is 7.11 Å². The molecule has 1 N–H and O–H groups in total. The lowest BCUT2D eigenvalue weighted by atomic mass is 10.0. The first-order valence-electron chi connectivity index (χ1n) is 5.27. The highest BCUT2D eigenvalue weighted by Gasteiger charge is 2.51. The Hall–Kier alpha value is -1.57. The van der Waals surface area contributed by atoms with E-state index in [2.05, 4.69) is 10.1 Å². The highest BCUT2D eigenvalue weighted by molar-refractivity contribution is 5.91. The van der Waals surface area contributed by atoms with Crippen LogP contribution in [0.2, 0.25) is 0 Å². The van der Waals surface area contributed by atoms with Crippen molar-refractivity contribution in [3.8, 4) is 6.07 Å². The zero-order valence-electron chi connectivity index (χ0n) is 9.74. The monoisotopic (exact) mass is 224 g/mol. The molecule has 16 heavy (non-hydrogen) atoms. The Morgan fingerprint density at radius 2 is 2.00 bits per heavy atom. The van der Waals surface area contributed by atoms with Gasteiger partial charge < -0.3 is 10.1 Å². The first-order valence-corrected chi connectivity index (χ1v) is 5.27. The van der Waals surface area contributed by atoms with Crippen LogP contribution in [0.3, 0.4) is 0 Å². The number of nitrogens with zero attached hydrogens (tertiary/aromatic N) is 1. The summed E-state index contributed by atoms with van der Waals surface area (Å²) in [5.41, 5.74) is -0.902. The van der Waals surface area contributed by atoms with Crippen LogP contribution in [0.25, 0.3) is 0 Å². The van der Waals surface area contributed by atoms with Gasteiger partial charge in [-0.2, -0.15) is 5.26 Å². The maximum atomic E-state index is 11.8. The predicted molar refractivity (Wildman–Crippen MR) is 56.1 cm³/mol. The SMILES string of the molecule is COC(=O)C(NC(=O)C1(C#N)CC1)C(C)C. The number of carbonyl (C=O) groups excluding carboxylic acids is 2. The number of ether oxygens (including phenoxy) is 1. The lowest BCUT2D eigenvalue weighted by Crippen LogP contribution is -2.47. The number of nitriles is 1. The Bertz CT molecular complexity index is 340. The molecular formula is C11H16N2O3. The summed E-state index contributed by atoms with van der Waals surface area (Å²) >= 11 is 0. The van der Waals surface area contributed by atoms with Gasteiger partial charge in [-0.3, -0.25) is 4.79 Å². The van der Waals surface area contributed by atoms with Crippen molar-refractivity contribution in [2.24, 2.45) is 11.3 Å². The molecule has 88 valence electrons. The molecule has 0 aromatic carbocycles. The maximum absolute atomic E-state index is 11.8. The maximum Gasteiger partial charge on any atom is 0.328 e. The van der Waals surface area contributed by atoms with E-state index < -0.39 is 17.4 Å². The van der Waals surface area contributed by atoms with Gasteiger partial charge in [0.25, 0.3) is 0 Å². The molecule has 0 bridgehead atoms. The molecule has 1 aliphatic carbocycles. The summed E-state index contributed by atoms with van der Waals surface area (Å²) in [7, 11) is 1.28. The van der Waals surface area contributed by atoms with Crippen LogP contribution < -0.4 is 5.32 Å². The Labute approximate surface area is 94.8 Å². The van der Waals surface area contributed by atoms with E-state index >= 15 is 0 Å². The fraction of sp³-hybridized carbons (Fsp3) is 0.727. The molecule has 1 amide bonds. The molecule has 0 radical (unpaired) electrons. The topological polar surface area (TPSA) is 79.2 Å². The van der Waals surface area contributed by atoms with Crippen molar-refractivity contribution >= 4 is 11.9 Å². The van der Waals surface area contributed by atoms with Crippen LogP contribution in [-0.4, -0.2) is 25.0 Å². The summed E-state index contributed by atoms with van der Waals surface area (Å²) in [6, 6.07) is 1.31. The molecule has 0 heterocycles. The molecule has 0 aliphatic heterocycles. The van der Waals surface area contributed by atoms with Gasteiger partial charge in [-0.05, 0) is 18.8 Å². The Balaban J connectivity index is 2.67. The van der Waals surface area contributed by atoms with Gasteiger partial charge >= 0.3 is 5.97 Å². The molecule has 1 saturated carbocycles. The van der Waals surface area contributed by atoms with Crippen LogP contribution in [0.1, 0.15) is 26.7 Å². The van der Waals surface area contributed by atoms with Gasteiger partial charge in [0.15, 0.2) is 0 Å². The fourth-order valence-electron chi connectivity index (χ4n) is 1.42. The number of nitrogens with one attached hydrogen (secondary N) is 1. The summed E-state index contributed by atoms with van der Waals surface area (Å²) in [6.45, 7) is 3.63. The predicted octanol–water partition coefficient (Wildman–Crippen LogP) is 0.604. The summed E-state index contributed by atoms with van der Waals surface area (Å²) in [6.07, 6.45) is 1.14. The molecule has 1 rings (SSSR count). The van der Waals surface area contributed by atoms with Crippen molar-refractivity contribution in [1.82, 2.24) is 5.32 Å². The first-order chi connectivity index (χ1) is 7.46. The van der Waals surface area contributed by atoms with E-state index in [1.807, 2.05) is 19.9 Å². The summed E-state index contributed by atoms with van der Waals surface area (Å²) < 4.78 is 4.60. The minimum Gasteiger partial charge on any atom is -0.467 e. The molecule has 1 fully saturated rings. The average molecular weight is 224 g/mol. The number of methoxy groups -OCH3 is 1. The minimum atomic E-state index is -0.902. The van der Waals surface area contributed by atoms with E-state index in [4.69, 9.17) is 5.26 Å². The van der Waals surface area contributed by atoms with E-state index in [0.717, 1.165) is 0 Å².